The molecule has 1 heterocycles. The Hall–Kier alpha value is -2.86. The van der Waals surface area contributed by atoms with Crippen LogP contribution in [0.15, 0.2) is 72.5 Å². The van der Waals surface area contributed by atoms with Crippen molar-refractivity contribution in [1.29, 1.82) is 0 Å². The fourth-order valence-electron chi connectivity index (χ4n) is 5.46. The third kappa shape index (κ3) is 15.7. The van der Waals surface area contributed by atoms with Gasteiger partial charge in [0.05, 0.1) is 0 Å². The van der Waals surface area contributed by atoms with E-state index in [1.807, 2.05) is 40.7 Å². The number of aromatic hydroxyl groups is 1. The lowest BCUT2D eigenvalue weighted by Crippen LogP contribution is -2.46. The zero-order chi connectivity index (χ0) is 33.5. The number of nitrogens with two attached hydrogens (primary N) is 1. The molecule has 2 aromatic rings. The van der Waals surface area contributed by atoms with Crippen molar-refractivity contribution in [3.63, 3.8) is 0 Å². The topological polar surface area (TPSA) is 64.8 Å². The number of phenols is 1. The second-order valence-corrected chi connectivity index (χ2v) is 11.2. The van der Waals surface area contributed by atoms with Gasteiger partial charge in [-0.25, -0.2) is 0 Å². The summed E-state index contributed by atoms with van der Waals surface area (Å²) < 4.78 is 0. The van der Waals surface area contributed by atoms with Gasteiger partial charge in [0.1, 0.15) is 5.75 Å². The highest BCUT2D eigenvalue weighted by Crippen LogP contribution is 2.23. The minimum Gasteiger partial charge on any atom is -0.508 e. The number of likely N-dealkylation sites (N-methyl/N-ethyl adjacent to an activating group) is 1. The maximum absolute atomic E-state index is 9.82. The Morgan fingerprint density at radius 3 is 2.20 bits per heavy atom. The van der Waals surface area contributed by atoms with E-state index in [0.717, 1.165) is 57.7 Å². The first-order valence-electron chi connectivity index (χ1n) is 16.8. The summed E-state index contributed by atoms with van der Waals surface area (Å²) in [6, 6.07) is 13.4. The standard InChI is InChI=1S/C33H49N3O.C2H5N.2C2H6/c1-7-29(23-31-10-8-25(2)20-27(31)4)21-26(3)12-18-36(19-15-34-6)32-13-16-35(17-14-32)24-30-9-11-33(37)28(5)22-30;1-2-3;2*1-2/h7-11,20-22,32,34,37H,12-19,23-24H2,1-6H3;2H,1,3H2;2*1-2H3/b26-21-,29-7+;;;. The van der Waals surface area contributed by atoms with Crippen molar-refractivity contribution in [3.8, 4) is 5.75 Å². The van der Waals surface area contributed by atoms with Crippen LogP contribution in [0, 0.1) is 20.8 Å². The predicted octanol–water partition coefficient (Wildman–Crippen LogP) is 8.47. The van der Waals surface area contributed by atoms with Gasteiger partial charge in [-0.05, 0) is 121 Å². The van der Waals surface area contributed by atoms with Crippen LogP contribution < -0.4 is 11.1 Å². The van der Waals surface area contributed by atoms with Gasteiger partial charge in [-0.3, -0.25) is 9.80 Å². The maximum Gasteiger partial charge on any atom is 0.118 e. The fraction of sp³-hybridized carbons (Fsp3) is 0.538. The summed E-state index contributed by atoms with van der Waals surface area (Å²) in [7, 11) is 2.05. The highest BCUT2D eigenvalue weighted by molar-refractivity contribution is 5.37. The molecule has 2 aromatic carbocycles. The highest BCUT2D eigenvalue weighted by atomic mass is 16.3. The molecule has 1 saturated heterocycles. The van der Waals surface area contributed by atoms with Crippen molar-refractivity contribution in [3.05, 3.63) is 100 Å². The molecule has 1 fully saturated rings. The van der Waals surface area contributed by atoms with Crippen LogP contribution in [-0.2, 0) is 13.0 Å². The van der Waals surface area contributed by atoms with Gasteiger partial charge in [-0.2, -0.15) is 0 Å². The van der Waals surface area contributed by atoms with Gasteiger partial charge in [0.25, 0.3) is 0 Å². The SMILES string of the molecule is C/C=C(\C=C(\C)CCN(CCNC)C1CCN(Cc2ccc(O)c(C)c2)CC1)Cc1ccc(C)cc1C.C=CN.CC.CC. The van der Waals surface area contributed by atoms with E-state index in [1.165, 1.54) is 52.4 Å². The number of nitrogens with one attached hydrogen (secondary N) is 1. The molecule has 5 nitrogen and oxygen atoms in total. The van der Waals surface area contributed by atoms with E-state index in [0.29, 0.717) is 11.8 Å². The quantitative estimate of drug-likeness (QED) is 0.212. The molecule has 44 heavy (non-hydrogen) atoms. The summed E-state index contributed by atoms with van der Waals surface area (Å²) in [6.07, 6.45) is 10.5. The van der Waals surface area contributed by atoms with Gasteiger partial charge in [0.2, 0.25) is 0 Å². The number of rotatable bonds is 12. The Bertz CT molecular complexity index is 1110. The first-order chi connectivity index (χ1) is 21.2. The second-order valence-electron chi connectivity index (χ2n) is 11.2. The Morgan fingerprint density at radius 1 is 1.02 bits per heavy atom. The van der Waals surface area contributed by atoms with Crippen LogP contribution in [-0.4, -0.2) is 60.7 Å². The molecule has 0 amide bonds. The number of nitrogens with zero attached hydrogens (tertiary/aromatic N) is 2. The normalized spacial score (nSPS) is 14.1. The summed E-state index contributed by atoms with van der Waals surface area (Å²) in [5.41, 5.74) is 13.9. The zero-order valence-electron chi connectivity index (χ0n) is 30.0. The van der Waals surface area contributed by atoms with Crippen molar-refractivity contribution in [2.45, 2.75) is 101 Å². The average Bonchev–Trinajstić information content (AvgIpc) is 3.03. The van der Waals surface area contributed by atoms with Crippen molar-refractivity contribution >= 4 is 0 Å². The van der Waals surface area contributed by atoms with E-state index >= 15 is 0 Å². The van der Waals surface area contributed by atoms with Crippen LogP contribution in [0.25, 0.3) is 0 Å². The molecule has 0 saturated carbocycles. The van der Waals surface area contributed by atoms with Gasteiger partial charge in [0.15, 0.2) is 0 Å². The van der Waals surface area contributed by atoms with Gasteiger partial charge in [-0.15, -0.1) is 0 Å². The Kier molecular flexibility index (Phi) is 22.9. The molecule has 0 bridgehead atoms. The molecular weight excluding hydrogens is 540 g/mol. The van der Waals surface area contributed by atoms with Crippen molar-refractivity contribution in [2.75, 3.05) is 39.8 Å². The maximum atomic E-state index is 9.82. The molecule has 0 radical (unpaired) electrons. The van der Waals surface area contributed by atoms with Crippen molar-refractivity contribution in [1.82, 2.24) is 15.1 Å². The van der Waals surface area contributed by atoms with Crippen LogP contribution in [0.5, 0.6) is 5.75 Å². The Morgan fingerprint density at radius 2 is 1.66 bits per heavy atom. The molecule has 248 valence electrons. The van der Waals surface area contributed by atoms with Crippen molar-refractivity contribution < 1.29 is 5.11 Å². The number of phenolic OH excluding ortho intramolecular Hbond substituents is 1. The van der Waals surface area contributed by atoms with Crippen LogP contribution in [0.3, 0.4) is 0 Å². The molecule has 3 rings (SSSR count). The fourth-order valence-corrected chi connectivity index (χ4v) is 5.46. The summed E-state index contributed by atoms with van der Waals surface area (Å²) in [6.45, 7) is 28.4. The van der Waals surface area contributed by atoms with Gasteiger partial charge >= 0.3 is 0 Å². The summed E-state index contributed by atoms with van der Waals surface area (Å²) >= 11 is 0. The largest absolute Gasteiger partial charge is 0.508 e. The van der Waals surface area contributed by atoms with E-state index < -0.39 is 0 Å². The number of likely N-dealkylation sites (tertiary alicyclic amines) is 1. The molecule has 5 heteroatoms. The summed E-state index contributed by atoms with van der Waals surface area (Å²) in [4.78, 5) is 5.28. The third-order valence-electron chi connectivity index (χ3n) is 7.88. The second kappa shape index (κ2) is 24.5. The van der Waals surface area contributed by atoms with Crippen LogP contribution >= 0.6 is 0 Å². The number of piperidine rings is 1. The monoisotopic (exact) mass is 607 g/mol. The van der Waals surface area contributed by atoms with E-state index in [9.17, 15) is 5.11 Å². The Balaban J connectivity index is 0.00000244. The molecule has 4 N–H and O–H groups in total. The molecule has 0 aromatic heterocycles. The van der Waals surface area contributed by atoms with Crippen LogP contribution in [0.2, 0.25) is 0 Å². The number of benzene rings is 2. The van der Waals surface area contributed by atoms with E-state index in [1.54, 1.807) is 0 Å². The number of hydrogen-bond donors (Lipinski definition) is 3. The lowest BCUT2D eigenvalue weighted by atomic mass is 9.97. The first kappa shape index (κ1) is 41.1. The molecular formula is C39H66N4O. The molecule has 1 aliphatic heterocycles. The number of aryl methyl sites for hydroxylation is 3. The molecule has 0 aliphatic carbocycles. The third-order valence-corrected chi connectivity index (χ3v) is 7.88. The minimum atomic E-state index is 0.388. The van der Waals surface area contributed by atoms with E-state index in [2.05, 4.69) is 105 Å². The minimum absolute atomic E-state index is 0.388. The van der Waals surface area contributed by atoms with E-state index in [-0.39, 0.29) is 0 Å². The molecule has 0 spiro atoms. The number of hydrogen-bond acceptors (Lipinski definition) is 5. The molecule has 1 aliphatic rings. The lowest BCUT2D eigenvalue weighted by molar-refractivity contribution is 0.106. The van der Waals surface area contributed by atoms with Crippen molar-refractivity contribution in [2.24, 2.45) is 5.73 Å². The van der Waals surface area contributed by atoms with Gasteiger partial charge in [0, 0.05) is 32.2 Å². The van der Waals surface area contributed by atoms with Crippen LogP contribution in [0.4, 0.5) is 0 Å². The highest BCUT2D eigenvalue weighted by Gasteiger charge is 2.24. The smallest absolute Gasteiger partial charge is 0.118 e. The van der Waals surface area contributed by atoms with Gasteiger partial charge in [-0.1, -0.05) is 87.9 Å². The van der Waals surface area contributed by atoms with E-state index in [4.69, 9.17) is 0 Å². The van der Waals surface area contributed by atoms with Crippen LogP contribution in [0.1, 0.15) is 88.6 Å². The first-order valence-corrected chi connectivity index (χ1v) is 16.8. The average molecular weight is 607 g/mol. The summed E-state index contributed by atoms with van der Waals surface area (Å²) in [5, 5.41) is 13.2. The molecule has 0 unspecified atom stereocenters. The number of allylic oxidation sites excluding steroid dienone is 3. The summed E-state index contributed by atoms with van der Waals surface area (Å²) in [5.74, 6) is 0.388. The molecule has 0 atom stereocenters. The predicted molar refractivity (Wildman–Crippen MR) is 195 cm³/mol. The Labute approximate surface area is 271 Å². The lowest BCUT2D eigenvalue weighted by Gasteiger charge is -2.39. The van der Waals surface area contributed by atoms with Gasteiger partial charge < -0.3 is 16.2 Å². The zero-order valence-corrected chi connectivity index (χ0v) is 30.0.